The summed E-state index contributed by atoms with van der Waals surface area (Å²) in [5.74, 6) is -1.55. The lowest BCUT2D eigenvalue weighted by Crippen LogP contribution is -2.31. The molecule has 1 aromatic heterocycles. The molecule has 0 spiro atoms. The number of Topliss-reactive ketones (excluding diaryl/α,β-unsaturated/α-hetero) is 1. The van der Waals surface area contributed by atoms with Crippen molar-refractivity contribution in [3.05, 3.63) is 69.3 Å². The number of fused-ring (bicyclic) bond motifs is 1. The number of para-hydroxylation sites is 1. The molecule has 0 bridgehead atoms. The third-order valence-corrected chi connectivity index (χ3v) is 5.16. The van der Waals surface area contributed by atoms with Crippen LogP contribution in [-0.4, -0.2) is 35.8 Å². The lowest BCUT2D eigenvalue weighted by atomic mass is 10.1. The van der Waals surface area contributed by atoms with E-state index in [0.29, 0.717) is 10.6 Å². The zero-order valence-electron chi connectivity index (χ0n) is 15.6. The van der Waals surface area contributed by atoms with Gasteiger partial charge >= 0.3 is 5.97 Å². The summed E-state index contributed by atoms with van der Waals surface area (Å²) in [4.78, 5) is 39.5. The zero-order chi connectivity index (χ0) is 21.0. The second-order valence-electron chi connectivity index (χ2n) is 6.29. The average molecular weight is 433 g/mol. The summed E-state index contributed by atoms with van der Waals surface area (Å²) >= 11 is 11.7. The van der Waals surface area contributed by atoms with Gasteiger partial charge in [0.15, 0.2) is 6.61 Å². The van der Waals surface area contributed by atoms with Crippen LogP contribution < -0.4 is 5.32 Å². The largest absolute Gasteiger partial charge is 0.456 e. The standard InChI is InChI=1S/C21H18Cl2N2O4/c1-2-12-4-3-5-14-15(9-24-20(12)14)18(26)11-29-19(27)10-25-21(28)13-6-7-16(22)17(23)8-13/h3-9,24H,2,10-11H2,1H3,(H,25,28). The van der Waals surface area contributed by atoms with E-state index in [1.807, 2.05) is 25.1 Å². The van der Waals surface area contributed by atoms with E-state index in [2.05, 4.69) is 10.3 Å². The lowest BCUT2D eigenvalue weighted by Gasteiger charge is -2.07. The summed E-state index contributed by atoms with van der Waals surface area (Å²) in [7, 11) is 0. The van der Waals surface area contributed by atoms with Gasteiger partial charge in [0.25, 0.3) is 5.91 Å². The summed E-state index contributed by atoms with van der Waals surface area (Å²) in [6, 6.07) is 10.1. The van der Waals surface area contributed by atoms with Crippen molar-refractivity contribution >= 4 is 51.8 Å². The maximum absolute atomic E-state index is 12.4. The monoisotopic (exact) mass is 432 g/mol. The van der Waals surface area contributed by atoms with Gasteiger partial charge < -0.3 is 15.0 Å². The molecule has 2 aromatic carbocycles. The van der Waals surface area contributed by atoms with Crippen LogP contribution in [0.1, 0.15) is 33.2 Å². The highest BCUT2D eigenvalue weighted by Crippen LogP contribution is 2.23. The number of esters is 1. The summed E-state index contributed by atoms with van der Waals surface area (Å²) in [5.41, 5.74) is 2.72. The normalized spacial score (nSPS) is 10.7. The molecule has 1 amide bonds. The number of carbonyl (C=O) groups is 3. The highest BCUT2D eigenvalue weighted by atomic mass is 35.5. The van der Waals surface area contributed by atoms with E-state index >= 15 is 0 Å². The lowest BCUT2D eigenvalue weighted by molar-refractivity contribution is -0.141. The molecule has 0 saturated carbocycles. The van der Waals surface area contributed by atoms with Crippen molar-refractivity contribution in [2.75, 3.05) is 13.2 Å². The second-order valence-corrected chi connectivity index (χ2v) is 7.11. The van der Waals surface area contributed by atoms with E-state index < -0.39 is 18.5 Å². The van der Waals surface area contributed by atoms with Crippen molar-refractivity contribution in [2.24, 2.45) is 0 Å². The summed E-state index contributed by atoms with van der Waals surface area (Å²) in [6.07, 6.45) is 2.45. The number of carbonyl (C=O) groups excluding carboxylic acids is 3. The number of ketones is 1. The maximum Gasteiger partial charge on any atom is 0.325 e. The molecule has 1 heterocycles. The molecule has 0 fully saturated rings. The number of halogens is 2. The molecule has 6 nitrogen and oxygen atoms in total. The topological polar surface area (TPSA) is 88.3 Å². The Kier molecular flexibility index (Phi) is 6.56. The molecule has 8 heteroatoms. The molecule has 150 valence electrons. The van der Waals surface area contributed by atoms with E-state index in [0.717, 1.165) is 22.9 Å². The summed E-state index contributed by atoms with van der Waals surface area (Å²) < 4.78 is 5.00. The first-order valence-corrected chi connectivity index (χ1v) is 9.67. The first kappa shape index (κ1) is 20.9. The van der Waals surface area contributed by atoms with E-state index in [4.69, 9.17) is 27.9 Å². The van der Waals surface area contributed by atoms with Crippen molar-refractivity contribution in [1.29, 1.82) is 0 Å². The van der Waals surface area contributed by atoms with Crippen LogP contribution in [0.5, 0.6) is 0 Å². The van der Waals surface area contributed by atoms with E-state index in [9.17, 15) is 14.4 Å². The Balaban J connectivity index is 1.55. The molecule has 0 saturated heterocycles. The SMILES string of the molecule is CCc1cccc2c(C(=O)COC(=O)CNC(=O)c3ccc(Cl)c(Cl)c3)c[nH]c12. The zero-order valence-corrected chi connectivity index (χ0v) is 17.1. The number of amides is 1. The molecule has 0 unspecified atom stereocenters. The number of hydrogen-bond acceptors (Lipinski definition) is 4. The van der Waals surface area contributed by atoms with Crippen LogP contribution >= 0.6 is 23.2 Å². The molecule has 0 aliphatic carbocycles. The highest BCUT2D eigenvalue weighted by Gasteiger charge is 2.16. The average Bonchev–Trinajstić information content (AvgIpc) is 3.16. The predicted molar refractivity (Wildman–Crippen MR) is 112 cm³/mol. The minimum absolute atomic E-state index is 0.234. The highest BCUT2D eigenvalue weighted by molar-refractivity contribution is 6.42. The van der Waals surface area contributed by atoms with Crippen LogP contribution in [0.15, 0.2) is 42.6 Å². The quantitative estimate of drug-likeness (QED) is 0.432. The van der Waals surface area contributed by atoms with Crippen LogP contribution in [0.3, 0.4) is 0 Å². The Morgan fingerprint density at radius 1 is 1.10 bits per heavy atom. The van der Waals surface area contributed by atoms with E-state index in [-0.39, 0.29) is 22.9 Å². The van der Waals surface area contributed by atoms with Crippen LogP contribution in [0, 0.1) is 0 Å². The third kappa shape index (κ3) is 4.78. The number of rotatable bonds is 7. The summed E-state index contributed by atoms with van der Waals surface area (Å²) in [5, 5.41) is 3.76. The van der Waals surface area contributed by atoms with Gasteiger partial charge in [-0.05, 0) is 30.2 Å². The Morgan fingerprint density at radius 2 is 1.90 bits per heavy atom. The number of ether oxygens (including phenoxy) is 1. The molecule has 3 rings (SSSR count). The van der Waals surface area contributed by atoms with Gasteiger partial charge in [-0.3, -0.25) is 14.4 Å². The van der Waals surface area contributed by atoms with Crippen LogP contribution in [-0.2, 0) is 16.0 Å². The molecule has 0 aliphatic heterocycles. The third-order valence-electron chi connectivity index (χ3n) is 4.42. The molecule has 2 N–H and O–H groups in total. The second kappa shape index (κ2) is 9.11. The van der Waals surface area contributed by atoms with Crippen LogP contribution in [0.4, 0.5) is 0 Å². The van der Waals surface area contributed by atoms with Crippen molar-refractivity contribution < 1.29 is 19.1 Å². The number of benzene rings is 2. The number of aryl methyl sites for hydroxylation is 1. The van der Waals surface area contributed by atoms with Gasteiger partial charge in [0.2, 0.25) is 5.78 Å². The molecule has 3 aromatic rings. The van der Waals surface area contributed by atoms with Gasteiger partial charge in [-0.15, -0.1) is 0 Å². The van der Waals surface area contributed by atoms with Gasteiger partial charge in [-0.1, -0.05) is 48.3 Å². The molecule has 29 heavy (non-hydrogen) atoms. The number of hydrogen-bond donors (Lipinski definition) is 2. The van der Waals surface area contributed by atoms with Crippen molar-refractivity contribution in [3.8, 4) is 0 Å². The van der Waals surface area contributed by atoms with Gasteiger partial charge in [-0.25, -0.2) is 0 Å². The van der Waals surface area contributed by atoms with Crippen molar-refractivity contribution in [3.63, 3.8) is 0 Å². The van der Waals surface area contributed by atoms with Gasteiger partial charge in [0.05, 0.1) is 10.0 Å². The number of aromatic nitrogens is 1. The Morgan fingerprint density at radius 3 is 2.62 bits per heavy atom. The molecular weight excluding hydrogens is 415 g/mol. The minimum Gasteiger partial charge on any atom is -0.456 e. The van der Waals surface area contributed by atoms with Gasteiger partial charge in [-0.2, -0.15) is 0 Å². The van der Waals surface area contributed by atoms with Crippen molar-refractivity contribution in [2.45, 2.75) is 13.3 Å². The Hall–Kier alpha value is -2.83. The van der Waals surface area contributed by atoms with Crippen molar-refractivity contribution in [1.82, 2.24) is 10.3 Å². The van der Waals surface area contributed by atoms with E-state index in [1.165, 1.54) is 18.2 Å². The van der Waals surface area contributed by atoms with Crippen LogP contribution in [0.25, 0.3) is 10.9 Å². The Labute approximate surface area is 177 Å². The minimum atomic E-state index is -0.721. The van der Waals surface area contributed by atoms with E-state index in [1.54, 1.807) is 6.20 Å². The number of H-pyrrole nitrogens is 1. The molecular formula is C21H18Cl2N2O4. The smallest absolute Gasteiger partial charge is 0.325 e. The van der Waals surface area contributed by atoms with Gasteiger partial charge in [0, 0.05) is 28.2 Å². The first-order chi connectivity index (χ1) is 13.9. The molecule has 0 radical (unpaired) electrons. The fraction of sp³-hybridized carbons (Fsp3) is 0.190. The predicted octanol–water partition coefficient (Wildman–Crippen LogP) is 4.19. The summed E-state index contributed by atoms with van der Waals surface area (Å²) in [6.45, 7) is 1.25. The Bertz CT molecular complexity index is 1090. The number of nitrogens with one attached hydrogen (secondary N) is 2. The fourth-order valence-electron chi connectivity index (χ4n) is 2.91. The van der Waals surface area contributed by atoms with Crippen LogP contribution in [0.2, 0.25) is 10.0 Å². The maximum atomic E-state index is 12.4. The fourth-order valence-corrected chi connectivity index (χ4v) is 3.21. The van der Waals surface area contributed by atoms with Gasteiger partial charge in [0.1, 0.15) is 6.54 Å². The molecule has 0 atom stereocenters. The first-order valence-electron chi connectivity index (χ1n) is 8.91. The number of aromatic amines is 1. The molecule has 0 aliphatic rings.